The summed E-state index contributed by atoms with van der Waals surface area (Å²) in [5, 5.41) is 0. The smallest absolute Gasteiger partial charge is 0.217 e. The molecule has 0 rings (SSSR count). The zero-order chi connectivity index (χ0) is 9.23. The predicted molar refractivity (Wildman–Crippen MR) is 66.3 cm³/mol. The maximum absolute atomic E-state index is 10.4. The van der Waals surface area contributed by atoms with Gasteiger partial charge in [-0.3, -0.25) is 4.79 Å². The molecule has 2 N–H and O–H groups in total. The van der Waals surface area contributed by atoms with Crippen LogP contribution < -0.4 is 5.73 Å². The van der Waals surface area contributed by atoms with Crippen LogP contribution in [0.4, 0.5) is 0 Å². The Kier molecular flexibility index (Phi) is 21.7. The maximum atomic E-state index is 10.4. The van der Waals surface area contributed by atoms with E-state index in [-0.39, 0.29) is 30.7 Å². The van der Waals surface area contributed by atoms with Crippen molar-refractivity contribution in [2.45, 2.75) is 58.3 Å². The van der Waals surface area contributed by atoms with Crippen molar-refractivity contribution in [1.29, 1.82) is 0 Å². The Morgan fingerprint density at radius 1 is 0.929 bits per heavy atom. The van der Waals surface area contributed by atoms with E-state index in [0.29, 0.717) is 6.42 Å². The second-order valence-corrected chi connectivity index (χ2v) is 3.34. The molecule has 4 heteroatoms. The minimum atomic E-state index is -0.163. The number of rotatable bonds is 8. The summed E-state index contributed by atoms with van der Waals surface area (Å²) in [5.74, 6) is -0.163. The maximum Gasteiger partial charge on any atom is 0.217 e. The van der Waals surface area contributed by atoms with Crippen LogP contribution in [0.1, 0.15) is 58.3 Å². The van der Waals surface area contributed by atoms with Gasteiger partial charge in [0.2, 0.25) is 5.91 Å². The molecule has 0 radical (unpaired) electrons. The molecule has 2 nitrogen and oxygen atoms in total. The van der Waals surface area contributed by atoms with E-state index in [0.717, 1.165) is 12.8 Å². The largest absolute Gasteiger partial charge is 0.370 e. The van der Waals surface area contributed by atoms with Crippen LogP contribution in [0.3, 0.4) is 0 Å². The summed E-state index contributed by atoms with van der Waals surface area (Å²) in [6, 6.07) is 0. The van der Waals surface area contributed by atoms with E-state index in [1.807, 2.05) is 0 Å². The van der Waals surface area contributed by atoms with Gasteiger partial charge >= 0.3 is 0 Å². The van der Waals surface area contributed by atoms with E-state index in [9.17, 15) is 4.79 Å². The Bertz CT molecular complexity index is 121. The number of carbonyl (C=O) groups excluding carboxylic acids is 1. The van der Waals surface area contributed by atoms with Crippen LogP contribution in [0.5, 0.6) is 0 Å². The summed E-state index contributed by atoms with van der Waals surface area (Å²) < 4.78 is 0. The molecule has 0 heterocycles. The standard InChI is InChI=1S/C10H21NO.2ClH/c1-2-3-4-5-6-7-8-9-10(11)12;;/h2-9H2,1H3,(H2,11,12);2*1H. The second-order valence-electron chi connectivity index (χ2n) is 3.34. The lowest BCUT2D eigenvalue weighted by molar-refractivity contribution is -0.118. The van der Waals surface area contributed by atoms with Crippen molar-refractivity contribution in [1.82, 2.24) is 0 Å². The Labute approximate surface area is 99.8 Å². The fourth-order valence-electron chi connectivity index (χ4n) is 1.26. The normalized spacial score (nSPS) is 8.64. The van der Waals surface area contributed by atoms with Crippen LogP contribution in [0, 0.1) is 0 Å². The van der Waals surface area contributed by atoms with Crippen molar-refractivity contribution in [3.05, 3.63) is 0 Å². The van der Waals surface area contributed by atoms with Gasteiger partial charge in [-0.15, -0.1) is 24.8 Å². The number of carbonyl (C=O) groups is 1. The van der Waals surface area contributed by atoms with Gasteiger partial charge in [0, 0.05) is 6.42 Å². The van der Waals surface area contributed by atoms with Crippen LogP contribution in [0.15, 0.2) is 0 Å². The lowest BCUT2D eigenvalue weighted by Crippen LogP contribution is -2.09. The molecule has 0 aliphatic heterocycles. The quantitative estimate of drug-likeness (QED) is 0.653. The van der Waals surface area contributed by atoms with Crippen LogP contribution in [0.25, 0.3) is 0 Å². The highest BCUT2D eigenvalue weighted by atomic mass is 35.5. The highest BCUT2D eigenvalue weighted by molar-refractivity contribution is 5.85. The molecular weight excluding hydrogens is 221 g/mol. The van der Waals surface area contributed by atoms with Gasteiger partial charge in [-0.1, -0.05) is 45.4 Å². The minimum absolute atomic E-state index is 0. The molecule has 0 aliphatic rings. The predicted octanol–water partition coefficient (Wildman–Crippen LogP) is 3.46. The molecule has 0 aliphatic carbocycles. The lowest BCUT2D eigenvalue weighted by atomic mass is 10.1. The molecule has 1 amide bonds. The monoisotopic (exact) mass is 243 g/mol. The van der Waals surface area contributed by atoms with Gasteiger partial charge in [0.1, 0.15) is 0 Å². The highest BCUT2D eigenvalue weighted by Gasteiger charge is 1.94. The SMILES string of the molecule is CCCCCCCCCC(N)=O.Cl.Cl. The van der Waals surface area contributed by atoms with Gasteiger partial charge in [0.15, 0.2) is 0 Å². The molecule has 0 spiro atoms. The van der Waals surface area contributed by atoms with Crippen molar-refractivity contribution >= 4 is 30.7 Å². The first-order chi connectivity index (χ1) is 5.77. The van der Waals surface area contributed by atoms with E-state index < -0.39 is 0 Å². The molecular formula is C10H23Cl2NO. The Morgan fingerprint density at radius 3 is 1.79 bits per heavy atom. The topological polar surface area (TPSA) is 43.1 Å². The zero-order valence-corrected chi connectivity index (χ0v) is 10.6. The molecule has 0 unspecified atom stereocenters. The number of halogens is 2. The van der Waals surface area contributed by atoms with Crippen molar-refractivity contribution in [2.24, 2.45) is 5.73 Å². The van der Waals surface area contributed by atoms with Gasteiger partial charge in [0.25, 0.3) is 0 Å². The van der Waals surface area contributed by atoms with Gasteiger partial charge in [-0.25, -0.2) is 0 Å². The van der Waals surface area contributed by atoms with E-state index in [4.69, 9.17) is 5.73 Å². The fraction of sp³-hybridized carbons (Fsp3) is 0.900. The Morgan fingerprint density at radius 2 is 1.36 bits per heavy atom. The van der Waals surface area contributed by atoms with Crippen LogP contribution in [-0.2, 0) is 4.79 Å². The number of primary amides is 1. The van der Waals surface area contributed by atoms with E-state index in [2.05, 4.69) is 6.92 Å². The molecule has 0 aromatic carbocycles. The van der Waals surface area contributed by atoms with E-state index in [1.54, 1.807) is 0 Å². The van der Waals surface area contributed by atoms with Crippen molar-refractivity contribution in [2.75, 3.05) is 0 Å². The molecule has 0 fully saturated rings. The van der Waals surface area contributed by atoms with E-state index in [1.165, 1.54) is 32.1 Å². The Hall–Kier alpha value is 0.0500. The minimum Gasteiger partial charge on any atom is -0.370 e. The van der Waals surface area contributed by atoms with Gasteiger partial charge in [-0.05, 0) is 6.42 Å². The summed E-state index contributed by atoms with van der Waals surface area (Å²) in [6.45, 7) is 2.22. The van der Waals surface area contributed by atoms with E-state index >= 15 is 0 Å². The number of unbranched alkanes of at least 4 members (excludes halogenated alkanes) is 6. The van der Waals surface area contributed by atoms with Crippen LogP contribution in [-0.4, -0.2) is 5.91 Å². The van der Waals surface area contributed by atoms with Gasteiger partial charge in [0.05, 0.1) is 0 Å². The average Bonchev–Trinajstić information content (AvgIpc) is 2.02. The number of nitrogens with two attached hydrogens (primary N) is 1. The van der Waals surface area contributed by atoms with Crippen LogP contribution >= 0.6 is 24.8 Å². The molecule has 0 saturated heterocycles. The third kappa shape index (κ3) is 18.0. The first-order valence-electron chi connectivity index (χ1n) is 5.05. The molecule has 0 saturated carbocycles. The summed E-state index contributed by atoms with van der Waals surface area (Å²) in [5.41, 5.74) is 5.02. The average molecular weight is 244 g/mol. The van der Waals surface area contributed by atoms with Crippen LogP contribution in [0.2, 0.25) is 0 Å². The third-order valence-electron chi connectivity index (χ3n) is 2.03. The first-order valence-corrected chi connectivity index (χ1v) is 5.05. The third-order valence-corrected chi connectivity index (χ3v) is 2.03. The second kappa shape index (κ2) is 15.5. The summed E-state index contributed by atoms with van der Waals surface area (Å²) in [7, 11) is 0. The van der Waals surface area contributed by atoms with Gasteiger partial charge in [-0.2, -0.15) is 0 Å². The lowest BCUT2D eigenvalue weighted by Gasteiger charge is -1.98. The summed E-state index contributed by atoms with van der Waals surface area (Å²) in [6.07, 6.45) is 9.24. The molecule has 88 valence electrons. The highest BCUT2D eigenvalue weighted by Crippen LogP contribution is 2.07. The number of amides is 1. The fourth-order valence-corrected chi connectivity index (χ4v) is 1.26. The molecule has 14 heavy (non-hydrogen) atoms. The van der Waals surface area contributed by atoms with Crippen molar-refractivity contribution in [3.63, 3.8) is 0 Å². The van der Waals surface area contributed by atoms with Crippen molar-refractivity contribution in [3.8, 4) is 0 Å². The number of hydrogen-bond donors (Lipinski definition) is 1. The van der Waals surface area contributed by atoms with Crippen molar-refractivity contribution < 1.29 is 4.79 Å². The molecule has 0 aromatic rings. The Balaban J connectivity index is -0.000000605. The first kappa shape index (κ1) is 19.6. The molecule has 0 aromatic heterocycles. The zero-order valence-electron chi connectivity index (χ0n) is 8.96. The number of hydrogen-bond acceptors (Lipinski definition) is 1. The molecule has 0 atom stereocenters. The van der Waals surface area contributed by atoms with Gasteiger partial charge < -0.3 is 5.73 Å². The molecule has 0 bridgehead atoms. The summed E-state index contributed by atoms with van der Waals surface area (Å²) >= 11 is 0. The summed E-state index contributed by atoms with van der Waals surface area (Å²) in [4.78, 5) is 10.4.